The summed E-state index contributed by atoms with van der Waals surface area (Å²) in [6.45, 7) is 0.760. The maximum atomic E-state index is 5.94. The molecule has 0 bridgehead atoms. The summed E-state index contributed by atoms with van der Waals surface area (Å²) in [4.78, 5) is 0. The molecule has 0 N–H and O–H groups in total. The summed E-state index contributed by atoms with van der Waals surface area (Å²) in [5.74, 6) is 2.73. The molecule has 0 amide bonds. The Bertz CT molecular complexity index is 916. The highest BCUT2D eigenvalue weighted by molar-refractivity contribution is 7.42. The van der Waals surface area contributed by atoms with E-state index in [2.05, 4.69) is 0 Å². The van der Waals surface area contributed by atoms with E-state index in [0.717, 1.165) is 0 Å². The van der Waals surface area contributed by atoms with Crippen LogP contribution in [0.1, 0.15) is 6.42 Å². The quantitative estimate of drug-likeness (QED) is 0.126. The zero-order valence-corrected chi connectivity index (χ0v) is 20.8. The SMILES string of the molecule is c1ccc(OP(OCCCOP(Oc2ccccc2)Oc2ccccc2)Oc2ccccc2)cc1. The van der Waals surface area contributed by atoms with Gasteiger partial charge in [-0.15, -0.1) is 0 Å². The van der Waals surface area contributed by atoms with Crippen LogP contribution in [0.3, 0.4) is 0 Å². The van der Waals surface area contributed by atoms with E-state index >= 15 is 0 Å². The van der Waals surface area contributed by atoms with E-state index in [-0.39, 0.29) is 0 Å². The van der Waals surface area contributed by atoms with Gasteiger partial charge in [0, 0.05) is 0 Å². The van der Waals surface area contributed by atoms with Gasteiger partial charge in [0.05, 0.1) is 13.2 Å². The van der Waals surface area contributed by atoms with E-state index in [1.807, 2.05) is 121 Å². The standard InChI is InChI=1S/C27H26O6P2/c1-5-14-24(15-6-1)30-34(31-25-16-7-2-8-17-25)28-22-13-23-29-35(32-26-18-9-3-10-19-26)33-27-20-11-4-12-21-27/h1-12,14-21H,13,22-23H2. The van der Waals surface area contributed by atoms with Gasteiger partial charge in [-0.3, -0.25) is 9.05 Å². The van der Waals surface area contributed by atoms with E-state index in [1.165, 1.54) is 0 Å². The van der Waals surface area contributed by atoms with Crippen LogP contribution in [0.25, 0.3) is 0 Å². The molecule has 0 heterocycles. The smallest absolute Gasteiger partial charge is 0.418 e. The van der Waals surface area contributed by atoms with E-state index in [1.54, 1.807) is 0 Å². The Morgan fingerprint density at radius 3 is 0.886 bits per heavy atom. The molecule has 4 aromatic rings. The normalized spacial score (nSPS) is 10.8. The van der Waals surface area contributed by atoms with Crippen molar-refractivity contribution in [3.05, 3.63) is 121 Å². The van der Waals surface area contributed by atoms with Crippen molar-refractivity contribution < 1.29 is 27.1 Å². The molecule has 0 aliphatic carbocycles. The van der Waals surface area contributed by atoms with Crippen molar-refractivity contribution in [2.24, 2.45) is 0 Å². The zero-order chi connectivity index (χ0) is 24.0. The molecule has 4 rings (SSSR count). The highest BCUT2D eigenvalue weighted by Crippen LogP contribution is 2.43. The first-order valence-corrected chi connectivity index (χ1v) is 13.3. The van der Waals surface area contributed by atoms with E-state index in [9.17, 15) is 0 Å². The average Bonchev–Trinajstić information content (AvgIpc) is 2.91. The number of benzene rings is 4. The van der Waals surface area contributed by atoms with Crippen LogP contribution in [0.15, 0.2) is 121 Å². The fraction of sp³-hybridized carbons (Fsp3) is 0.111. The fourth-order valence-corrected chi connectivity index (χ4v) is 4.77. The number of hydrogen-bond acceptors (Lipinski definition) is 6. The third-order valence-corrected chi connectivity index (χ3v) is 6.60. The summed E-state index contributed by atoms with van der Waals surface area (Å²) in [6.07, 6.45) is 0.601. The molecule has 180 valence electrons. The van der Waals surface area contributed by atoms with Crippen LogP contribution in [0.2, 0.25) is 0 Å². The van der Waals surface area contributed by atoms with Crippen molar-refractivity contribution in [1.82, 2.24) is 0 Å². The van der Waals surface area contributed by atoms with Gasteiger partial charge >= 0.3 is 17.2 Å². The average molecular weight is 508 g/mol. The number of hydrogen-bond donors (Lipinski definition) is 0. The predicted octanol–water partition coefficient (Wildman–Crippen LogP) is 8.18. The molecule has 4 aromatic carbocycles. The first kappa shape index (κ1) is 25.0. The number of para-hydroxylation sites is 4. The molecule has 35 heavy (non-hydrogen) atoms. The summed E-state index contributed by atoms with van der Waals surface area (Å²) in [7, 11) is -3.27. The van der Waals surface area contributed by atoms with Crippen LogP contribution in [0.5, 0.6) is 23.0 Å². The molecule has 0 spiro atoms. The van der Waals surface area contributed by atoms with Gasteiger partial charge in [0.2, 0.25) is 0 Å². The Labute approximate surface area is 208 Å². The molecule has 0 atom stereocenters. The van der Waals surface area contributed by atoms with Crippen molar-refractivity contribution in [3.63, 3.8) is 0 Å². The van der Waals surface area contributed by atoms with Gasteiger partial charge in [-0.25, -0.2) is 0 Å². The maximum absolute atomic E-state index is 5.94. The molecular formula is C27H26O6P2. The van der Waals surface area contributed by atoms with Gasteiger partial charge in [-0.1, -0.05) is 72.8 Å². The van der Waals surface area contributed by atoms with Crippen LogP contribution in [-0.2, 0) is 9.05 Å². The third-order valence-electron chi connectivity index (χ3n) is 4.37. The third kappa shape index (κ3) is 9.20. The second-order valence-corrected chi connectivity index (χ2v) is 9.23. The second kappa shape index (κ2) is 14.3. The van der Waals surface area contributed by atoms with Crippen LogP contribution >= 0.6 is 17.2 Å². The summed E-state index contributed by atoms with van der Waals surface area (Å²) >= 11 is 0. The minimum Gasteiger partial charge on any atom is -0.418 e. The summed E-state index contributed by atoms with van der Waals surface area (Å²) in [5, 5.41) is 0. The molecule has 8 heteroatoms. The lowest BCUT2D eigenvalue weighted by Crippen LogP contribution is -2.05. The van der Waals surface area contributed by atoms with Crippen molar-refractivity contribution in [2.75, 3.05) is 13.2 Å². The molecule has 0 unspecified atom stereocenters. The first-order chi connectivity index (χ1) is 17.3. The van der Waals surface area contributed by atoms with Crippen molar-refractivity contribution in [3.8, 4) is 23.0 Å². The molecular weight excluding hydrogens is 482 g/mol. The van der Waals surface area contributed by atoms with Gasteiger partial charge < -0.3 is 18.1 Å². The van der Waals surface area contributed by atoms with E-state index in [0.29, 0.717) is 42.6 Å². The Balaban J connectivity index is 1.28. The zero-order valence-electron chi connectivity index (χ0n) is 19.0. The van der Waals surface area contributed by atoms with Gasteiger partial charge in [-0.2, -0.15) is 0 Å². The molecule has 0 saturated carbocycles. The fourth-order valence-electron chi connectivity index (χ4n) is 2.75. The van der Waals surface area contributed by atoms with E-state index in [4.69, 9.17) is 27.1 Å². The van der Waals surface area contributed by atoms with Gasteiger partial charge in [0.25, 0.3) is 0 Å². The van der Waals surface area contributed by atoms with Gasteiger partial charge in [0.15, 0.2) is 0 Å². The molecule has 6 nitrogen and oxygen atoms in total. The van der Waals surface area contributed by atoms with Gasteiger partial charge in [-0.05, 0) is 55.0 Å². The minimum absolute atomic E-state index is 0.380. The molecule has 0 aliphatic rings. The van der Waals surface area contributed by atoms with Crippen LogP contribution in [-0.4, -0.2) is 13.2 Å². The molecule has 0 radical (unpaired) electrons. The summed E-state index contributed by atoms with van der Waals surface area (Å²) in [5.41, 5.74) is 0. The van der Waals surface area contributed by atoms with Crippen LogP contribution < -0.4 is 18.1 Å². The highest BCUT2D eigenvalue weighted by Gasteiger charge is 2.19. The Hall–Kier alpha value is -3.14. The van der Waals surface area contributed by atoms with Crippen molar-refractivity contribution >= 4 is 17.2 Å². The molecule has 0 aliphatic heterocycles. The van der Waals surface area contributed by atoms with Gasteiger partial charge in [0.1, 0.15) is 23.0 Å². The number of rotatable bonds is 14. The maximum Gasteiger partial charge on any atom is 0.463 e. The molecule has 0 aromatic heterocycles. The highest BCUT2D eigenvalue weighted by atomic mass is 31.2. The topological polar surface area (TPSA) is 55.4 Å². The van der Waals surface area contributed by atoms with Crippen molar-refractivity contribution in [1.29, 1.82) is 0 Å². The van der Waals surface area contributed by atoms with Crippen LogP contribution in [0.4, 0.5) is 0 Å². The lowest BCUT2D eigenvalue weighted by atomic mass is 10.3. The van der Waals surface area contributed by atoms with Crippen LogP contribution in [0, 0.1) is 0 Å². The monoisotopic (exact) mass is 508 g/mol. The lowest BCUT2D eigenvalue weighted by molar-refractivity contribution is 0.214. The Kier molecular flexibility index (Phi) is 10.2. The largest absolute Gasteiger partial charge is 0.463 e. The Morgan fingerprint density at radius 1 is 0.371 bits per heavy atom. The second-order valence-electron chi connectivity index (χ2n) is 7.08. The van der Waals surface area contributed by atoms with E-state index < -0.39 is 17.2 Å². The summed E-state index contributed by atoms with van der Waals surface area (Å²) in [6, 6.07) is 37.9. The molecule has 0 fully saturated rings. The lowest BCUT2D eigenvalue weighted by Gasteiger charge is -2.19. The minimum atomic E-state index is -1.64. The molecule has 0 saturated heterocycles. The summed E-state index contributed by atoms with van der Waals surface area (Å²) < 4.78 is 35.6. The Morgan fingerprint density at radius 2 is 0.629 bits per heavy atom. The first-order valence-electron chi connectivity index (χ1n) is 11.1. The predicted molar refractivity (Wildman–Crippen MR) is 139 cm³/mol. The van der Waals surface area contributed by atoms with Crippen molar-refractivity contribution in [2.45, 2.75) is 6.42 Å².